The number of rotatable bonds is 0. The molecule has 2 nitrogen and oxygen atoms in total. The molecule has 3 heteroatoms. The zero-order valence-electron chi connectivity index (χ0n) is 8.94. The molecule has 0 fully saturated rings. The average Bonchev–Trinajstić information content (AvgIpc) is 2.46. The van der Waals surface area contributed by atoms with E-state index in [1.54, 1.807) is 24.3 Å². The molecule has 1 aromatic rings. The minimum atomic E-state index is -0.330. The van der Waals surface area contributed by atoms with Crippen LogP contribution in [-0.4, -0.2) is 5.78 Å². The zero-order valence-corrected chi connectivity index (χ0v) is 8.94. The van der Waals surface area contributed by atoms with Gasteiger partial charge in [-0.1, -0.05) is 12.1 Å². The molecule has 0 spiro atoms. The van der Waals surface area contributed by atoms with Gasteiger partial charge in [0.25, 0.3) is 0 Å². The Morgan fingerprint density at radius 3 is 2.88 bits per heavy atom. The molecule has 0 bridgehead atoms. The second kappa shape index (κ2) is 3.70. The number of benzene rings is 1. The molecule has 17 heavy (non-hydrogen) atoms. The van der Waals surface area contributed by atoms with Gasteiger partial charge in [-0.2, -0.15) is 0 Å². The van der Waals surface area contributed by atoms with Crippen molar-refractivity contribution in [2.45, 2.75) is 6.42 Å². The van der Waals surface area contributed by atoms with E-state index >= 15 is 0 Å². The quantitative estimate of drug-likeness (QED) is 0.680. The van der Waals surface area contributed by atoms with Gasteiger partial charge in [0.1, 0.15) is 17.3 Å². The van der Waals surface area contributed by atoms with Gasteiger partial charge in [-0.15, -0.1) is 0 Å². The summed E-state index contributed by atoms with van der Waals surface area (Å²) in [6.45, 7) is 0. The van der Waals surface area contributed by atoms with Gasteiger partial charge < -0.3 is 4.74 Å². The van der Waals surface area contributed by atoms with Crippen molar-refractivity contribution in [1.82, 2.24) is 0 Å². The van der Waals surface area contributed by atoms with Crippen molar-refractivity contribution in [3.63, 3.8) is 0 Å². The maximum Gasteiger partial charge on any atom is 0.190 e. The van der Waals surface area contributed by atoms with E-state index in [9.17, 15) is 9.18 Å². The maximum atomic E-state index is 13.2. The van der Waals surface area contributed by atoms with Crippen molar-refractivity contribution in [3.8, 4) is 5.75 Å². The SMILES string of the molecule is O=C1C=C2CC=C(F)C=C2Oc2ccccc21. The highest BCUT2D eigenvalue weighted by Gasteiger charge is 2.21. The second-order valence-corrected chi connectivity index (χ2v) is 3.93. The summed E-state index contributed by atoms with van der Waals surface area (Å²) in [4.78, 5) is 11.9. The summed E-state index contributed by atoms with van der Waals surface area (Å²) in [6, 6.07) is 6.98. The van der Waals surface area contributed by atoms with E-state index in [4.69, 9.17) is 4.74 Å². The van der Waals surface area contributed by atoms with E-state index in [1.165, 1.54) is 18.2 Å². The van der Waals surface area contributed by atoms with Crippen molar-refractivity contribution >= 4 is 5.78 Å². The van der Waals surface area contributed by atoms with Crippen LogP contribution in [0.5, 0.6) is 5.75 Å². The van der Waals surface area contributed by atoms with E-state index in [0.717, 1.165) is 0 Å². The minimum absolute atomic E-state index is 0.102. The lowest BCUT2D eigenvalue weighted by Gasteiger charge is -2.13. The minimum Gasteiger partial charge on any atom is -0.456 e. The van der Waals surface area contributed by atoms with Crippen molar-refractivity contribution in [2.24, 2.45) is 0 Å². The van der Waals surface area contributed by atoms with Gasteiger partial charge in [-0.25, -0.2) is 4.39 Å². The van der Waals surface area contributed by atoms with Crippen LogP contribution in [0.3, 0.4) is 0 Å². The smallest absolute Gasteiger partial charge is 0.190 e. The fraction of sp³-hybridized carbons (Fsp3) is 0.0714. The number of para-hydroxylation sites is 1. The summed E-state index contributed by atoms with van der Waals surface area (Å²) >= 11 is 0. The molecule has 0 atom stereocenters. The number of ketones is 1. The first kappa shape index (κ1) is 10.0. The van der Waals surface area contributed by atoms with Gasteiger partial charge in [0.05, 0.1) is 5.56 Å². The Kier molecular flexibility index (Phi) is 2.18. The van der Waals surface area contributed by atoms with E-state index in [2.05, 4.69) is 0 Å². The highest BCUT2D eigenvalue weighted by molar-refractivity contribution is 6.07. The summed E-state index contributed by atoms with van der Waals surface area (Å²) < 4.78 is 18.7. The number of fused-ring (bicyclic) bond motifs is 2. The fourth-order valence-electron chi connectivity index (χ4n) is 1.92. The number of carbonyl (C=O) groups excluding carboxylic acids is 1. The molecule has 0 aromatic heterocycles. The van der Waals surface area contributed by atoms with Crippen molar-refractivity contribution in [2.75, 3.05) is 0 Å². The van der Waals surface area contributed by atoms with Crippen LogP contribution in [0.2, 0.25) is 0 Å². The predicted octanol–water partition coefficient (Wildman–Crippen LogP) is 3.33. The Hall–Kier alpha value is -2.16. The largest absolute Gasteiger partial charge is 0.456 e. The number of carbonyl (C=O) groups is 1. The third-order valence-electron chi connectivity index (χ3n) is 2.78. The number of halogens is 1. The molecule has 0 saturated heterocycles. The highest BCUT2D eigenvalue weighted by atomic mass is 19.1. The summed E-state index contributed by atoms with van der Waals surface area (Å²) in [5.41, 5.74) is 1.23. The highest BCUT2D eigenvalue weighted by Crippen LogP contribution is 2.32. The molecule has 0 saturated carbocycles. The topological polar surface area (TPSA) is 26.3 Å². The van der Waals surface area contributed by atoms with Crippen LogP contribution in [-0.2, 0) is 0 Å². The fourth-order valence-corrected chi connectivity index (χ4v) is 1.92. The Labute approximate surface area is 97.7 Å². The number of hydrogen-bond acceptors (Lipinski definition) is 2. The lowest BCUT2D eigenvalue weighted by Crippen LogP contribution is -2.01. The van der Waals surface area contributed by atoms with Crippen molar-refractivity contribution in [1.29, 1.82) is 0 Å². The molecule has 1 aromatic carbocycles. The average molecular weight is 228 g/mol. The second-order valence-electron chi connectivity index (χ2n) is 3.93. The van der Waals surface area contributed by atoms with Crippen LogP contribution < -0.4 is 4.74 Å². The summed E-state index contributed by atoms with van der Waals surface area (Å²) in [7, 11) is 0. The van der Waals surface area contributed by atoms with Crippen LogP contribution in [0.25, 0.3) is 0 Å². The first-order valence-electron chi connectivity index (χ1n) is 5.33. The zero-order chi connectivity index (χ0) is 11.8. The normalized spacial score (nSPS) is 17.9. The molecule has 1 aliphatic carbocycles. The number of ether oxygens (including phenoxy) is 1. The number of hydrogen-bond donors (Lipinski definition) is 0. The van der Waals surface area contributed by atoms with Gasteiger partial charge >= 0.3 is 0 Å². The molecular formula is C14H9FO2. The molecule has 84 valence electrons. The molecule has 0 N–H and O–H groups in total. The van der Waals surface area contributed by atoms with Crippen LogP contribution in [0.4, 0.5) is 4.39 Å². The first-order valence-corrected chi connectivity index (χ1v) is 5.33. The third-order valence-corrected chi connectivity index (χ3v) is 2.78. The van der Waals surface area contributed by atoms with Gasteiger partial charge in [0.2, 0.25) is 0 Å². The molecule has 0 unspecified atom stereocenters. The van der Waals surface area contributed by atoms with Gasteiger partial charge in [0, 0.05) is 11.6 Å². The van der Waals surface area contributed by atoms with Gasteiger partial charge in [0.15, 0.2) is 5.78 Å². The van der Waals surface area contributed by atoms with E-state index in [-0.39, 0.29) is 11.6 Å². The molecule has 2 aliphatic rings. The number of allylic oxidation sites excluding steroid dienone is 5. The molecule has 1 heterocycles. The molecule has 1 aliphatic heterocycles. The molecule has 0 amide bonds. The van der Waals surface area contributed by atoms with E-state index in [0.29, 0.717) is 29.1 Å². The summed E-state index contributed by atoms with van der Waals surface area (Å²) in [6.07, 6.45) is 4.64. The van der Waals surface area contributed by atoms with Crippen LogP contribution in [0.1, 0.15) is 16.8 Å². The Morgan fingerprint density at radius 1 is 1.18 bits per heavy atom. The lowest BCUT2D eigenvalue weighted by atomic mass is 10.0. The van der Waals surface area contributed by atoms with Crippen molar-refractivity contribution < 1.29 is 13.9 Å². The Balaban J connectivity index is 2.15. The van der Waals surface area contributed by atoms with Crippen LogP contribution in [0, 0.1) is 0 Å². The third kappa shape index (κ3) is 1.69. The Morgan fingerprint density at radius 2 is 2.00 bits per heavy atom. The van der Waals surface area contributed by atoms with E-state index in [1.807, 2.05) is 0 Å². The maximum absolute atomic E-state index is 13.2. The molecular weight excluding hydrogens is 219 g/mol. The molecule has 0 radical (unpaired) electrons. The van der Waals surface area contributed by atoms with Crippen LogP contribution >= 0.6 is 0 Å². The van der Waals surface area contributed by atoms with Gasteiger partial charge in [-0.05, 0) is 30.7 Å². The monoisotopic (exact) mass is 228 g/mol. The molecule has 3 rings (SSSR count). The Bertz CT molecular complexity index is 594. The van der Waals surface area contributed by atoms with E-state index < -0.39 is 0 Å². The van der Waals surface area contributed by atoms with Crippen molar-refractivity contribution in [3.05, 3.63) is 65.2 Å². The predicted molar refractivity (Wildman–Crippen MR) is 61.4 cm³/mol. The lowest BCUT2D eigenvalue weighted by molar-refractivity contribution is 0.104. The first-order chi connectivity index (χ1) is 8.24. The van der Waals surface area contributed by atoms with Gasteiger partial charge in [-0.3, -0.25) is 4.79 Å². The van der Waals surface area contributed by atoms with Crippen LogP contribution in [0.15, 0.2) is 59.7 Å². The summed E-state index contributed by atoms with van der Waals surface area (Å²) in [5.74, 6) is 0.465. The summed E-state index contributed by atoms with van der Waals surface area (Å²) in [5, 5.41) is 0. The standard InChI is InChI=1S/C14H9FO2/c15-10-6-5-9-7-12(16)11-3-1-2-4-13(11)17-14(9)8-10/h1-4,6-8H,5H2.